The van der Waals surface area contributed by atoms with E-state index in [4.69, 9.17) is 0 Å². The standard InChI is InChI=1S/C71H124OS/c1-6-9-12-15-18-21-24-27-30-33-36-39-42-47-52-66-62-68(71(72)60-57-65-55-58-69(59-56-65)73-61-50-45-46-51-64(4)5)63-67(53-48-43-40-37-34-31-28-25-22-19-16-13-10-7-2)70(66)54-49-44-41-38-35-32-29-26-23-20-17-14-11-8-3/h55-60,62-64H,6-54,61H2,1-5H3. The van der Waals surface area contributed by atoms with Crippen LogP contribution in [0.5, 0.6) is 0 Å². The summed E-state index contributed by atoms with van der Waals surface area (Å²) in [5.74, 6) is 2.17. The summed E-state index contributed by atoms with van der Waals surface area (Å²) in [6.45, 7) is 11.6. The van der Waals surface area contributed by atoms with Crippen LogP contribution >= 0.6 is 11.8 Å². The van der Waals surface area contributed by atoms with Crippen LogP contribution in [0.15, 0.2) is 47.4 Å². The molecule has 1 nitrogen and oxygen atoms in total. The van der Waals surface area contributed by atoms with E-state index in [1.165, 1.54) is 324 Å². The Hall–Kier alpha value is -1.80. The maximum absolute atomic E-state index is 14.2. The second-order valence-corrected chi connectivity index (χ2v) is 24.8. The summed E-state index contributed by atoms with van der Waals surface area (Å²) in [6, 6.07) is 13.6. The third-order valence-electron chi connectivity index (χ3n) is 16.1. The number of carbonyl (C=O) groups excluding carboxylic acids is 1. The third kappa shape index (κ3) is 40.1. The van der Waals surface area contributed by atoms with Gasteiger partial charge in [-0.25, -0.2) is 0 Å². The van der Waals surface area contributed by atoms with Crippen LogP contribution in [-0.2, 0) is 19.3 Å². The first-order valence-corrected chi connectivity index (χ1v) is 34.1. The zero-order chi connectivity index (χ0) is 52.3. The van der Waals surface area contributed by atoms with Crippen LogP contribution in [-0.4, -0.2) is 11.5 Å². The van der Waals surface area contributed by atoms with Crippen LogP contribution in [0.4, 0.5) is 0 Å². The van der Waals surface area contributed by atoms with E-state index in [2.05, 4.69) is 77.1 Å². The molecule has 2 aromatic rings. The predicted octanol–water partition coefficient (Wildman–Crippen LogP) is 25.0. The number of unbranched alkanes of at least 4 members (excludes halogenated alkanes) is 41. The molecule has 0 saturated carbocycles. The largest absolute Gasteiger partial charge is 0.289 e. The first-order valence-electron chi connectivity index (χ1n) is 33.1. The highest BCUT2D eigenvalue weighted by Gasteiger charge is 2.15. The molecule has 2 rings (SSSR count). The molecule has 420 valence electrons. The lowest BCUT2D eigenvalue weighted by Gasteiger charge is -2.18. The SMILES string of the molecule is CCCCCCCCCCCCCCCCc1cc(C(=O)C=Cc2ccc(SCCCCCC(C)C)cc2)cc(CCCCCCCCCCCCCCCC)c1CCCCCCCCCCCCCCCC. The van der Waals surface area contributed by atoms with Crippen LogP contribution < -0.4 is 0 Å². The Balaban J connectivity index is 2.08. The van der Waals surface area contributed by atoms with Crippen molar-refractivity contribution in [2.24, 2.45) is 5.92 Å². The molecule has 0 aliphatic carbocycles. The van der Waals surface area contributed by atoms with Crippen LogP contribution in [0, 0.1) is 5.92 Å². The molecule has 2 heteroatoms. The molecule has 0 fully saturated rings. The Bertz CT molecular complexity index is 1470. The monoisotopic (exact) mass is 1020 g/mol. The average Bonchev–Trinajstić information content (AvgIpc) is 3.39. The van der Waals surface area contributed by atoms with E-state index < -0.39 is 0 Å². The van der Waals surface area contributed by atoms with Crippen LogP contribution in [0.25, 0.3) is 6.08 Å². The van der Waals surface area contributed by atoms with Crippen molar-refractivity contribution in [1.82, 2.24) is 0 Å². The fraction of sp³-hybridized carbons (Fsp3) is 0.789. The highest BCUT2D eigenvalue weighted by molar-refractivity contribution is 7.99. The molecule has 0 spiro atoms. The number of carbonyl (C=O) groups is 1. The van der Waals surface area contributed by atoms with Gasteiger partial charge < -0.3 is 0 Å². The molecule has 0 aliphatic rings. The van der Waals surface area contributed by atoms with Crippen LogP contribution in [0.3, 0.4) is 0 Å². The Morgan fingerprint density at radius 1 is 0.397 bits per heavy atom. The normalized spacial score (nSPS) is 11.8. The minimum Gasteiger partial charge on any atom is -0.289 e. The van der Waals surface area contributed by atoms with Gasteiger partial charge >= 0.3 is 0 Å². The molecule has 0 N–H and O–H groups in total. The molecule has 2 aromatic carbocycles. The molecule has 0 amide bonds. The van der Waals surface area contributed by atoms with Crippen LogP contribution in [0.1, 0.15) is 363 Å². The van der Waals surface area contributed by atoms with E-state index in [9.17, 15) is 4.79 Å². The lowest BCUT2D eigenvalue weighted by atomic mass is 9.87. The van der Waals surface area contributed by atoms with Gasteiger partial charge in [0.1, 0.15) is 0 Å². The van der Waals surface area contributed by atoms with Gasteiger partial charge in [-0.2, -0.15) is 0 Å². The van der Waals surface area contributed by atoms with Crippen molar-refractivity contribution in [2.75, 3.05) is 5.75 Å². The summed E-state index contributed by atoms with van der Waals surface area (Å²) in [4.78, 5) is 15.5. The number of benzene rings is 2. The summed E-state index contributed by atoms with van der Waals surface area (Å²) in [7, 11) is 0. The highest BCUT2D eigenvalue weighted by Crippen LogP contribution is 2.28. The quantitative estimate of drug-likeness (QED) is 0.0284. The molecule has 0 saturated heterocycles. The summed E-state index contributed by atoms with van der Waals surface area (Å²) in [6.07, 6.45) is 71.3. The highest BCUT2D eigenvalue weighted by atomic mass is 32.2. The number of hydrogen-bond donors (Lipinski definition) is 0. The zero-order valence-electron chi connectivity index (χ0n) is 49.9. The molecule has 0 unspecified atom stereocenters. The van der Waals surface area contributed by atoms with Gasteiger partial charge in [0.05, 0.1) is 0 Å². The van der Waals surface area contributed by atoms with Crippen molar-refractivity contribution in [3.05, 3.63) is 70.3 Å². The molecule has 0 aliphatic heterocycles. The number of hydrogen-bond acceptors (Lipinski definition) is 2. The number of allylic oxidation sites excluding steroid dienone is 1. The van der Waals surface area contributed by atoms with Crippen LogP contribution in [0.2, 0.25) is 0 Å². The van der Waals surface area contributed by atoms with E-state index in [0.29, 0.717) is 0 Å². The molecular formula is C71H124OS. The van der Waals surface area contributed by atoms with E-state index in [0.717, 1.165) is 29.9 Å². The van der Waals surface area contributed by atoms with Gasteiger partial charge in [0.2, 0.25) is 0 Å². The van der Waals surface area contributed by atoms with Crippen molar-refractivity contribution >= 4 is 23.6 Å². The summed E-state index contributed by atoms with van der Waals surface area (Å²) in [5.41, 5.74) is 6.66. The van der Waals surface area contributed by atoms with E-state index in [1.807, 2.05) is 17.8 Å². The van der Waals surface area contributed by atoms with Gasteiger partial charge in [-0.05, 0) is 109 Å². The number of aryl methyl sites for hydroxylation is 2. The van der Waals surface area contributed by atoms with Crippen molar-refractivity contribution in [1.29, 1.82) is 0 Å². The Morgan fingerprint density at radius 2 is 0.712 bits per heavy atom. The minimum atomic E-state index is 0.173. The van der Waals surface area contributed by atoms with Gasteiger partial charge in [0.25, 0.3) is 0 Å². The second kappa shape index (κ2) is 51.0. The molecule has 0 aromatic heterocycles. The minimum absolute atomic E-state index is 0.173. The molecule has 0 atom stereocenters. The molecule has 0 bridgehead atoms. The molecular weight excluding hydrogens is 901 g/mol. The van der Waals surface area contributed by atoms with Crippen molar-refractivity contribution in [2.45, 2.75) is 354 Å². The zero-order valence-corrected chi connectivity index (χ0v) is 50.7. The summed E-state index contributed by atoms with van der Waals surface area (Å²) in [5, 5.41) is 0. The Labute approximate surface area is 462 Å². The first kappa shape index (κ1) is 67.3. The molecule has 0 radical (unpaired) electrons. The lowest BCUT2D eigenvalue weighted by molar-refractivity contribution is 0.104. The maximum atomic E-state index is 14.2. The third-order valence-corrected chi connectivity index (χ3v) is 17.2. The van der Waals surface area contributed by atoms with Gasteiger partial charge in [-0.1, -0.05) is 323 Å². The van der Waals surface area contributed by atoms with E-state index in [1.54, 1.807) is 5.56 Å². The maximum Gasteiger partial charge on any atom is 0.185 e. The van der Waals surface area contributed by atoms with E-state index >= 15 is 0 Å². The van der Waals surface area contributed by atoms with Gasteiger partial charge in [-0.15, -0.1) is 11.8 Å². The average molecular weight is 1030 g/mol. The van der Waals surface area contributed by atoms with E-state index in [-0.39, 0.29) is 5.78 Å². The molecule has 0 heterocycles. The first-order chi connectivity index (χ1) is 36.0. The fourth-order valence-electron chi connectivity index (χ4n) is 11.2. The van der Waals surface area contributed by atoms with Crippen molar-refractivity contribution < 1.29 is 4.79 Å². The number of rotatable bonds is 55. The van der Waals surface area contributed by atoms with Crippen molar-refractivity contribution in [3.8, 4) is 0 Å². The second-order valence-electron chi connectivity index (χ2n) is 23.7. The topological polar surface area (TPSA) is 17.1 Å². The van der Waals surface area contributed by atoms with Crippen molar-refractivity contribution in [3.63, 3.8) is 0 Å². The summed E-state index contributed by atoms with van der Waals surface area (Å²) >= 11 is 1.97. The Kier molecular flexibility index (Phi) is 47.0. The van der Waals surface area contributed by atoms with Gasteiger partial charge in [0, 0.05) is 10.5 Å². The molecule has 73 heavy (non-hydrogen) atoms. The number of thioether (sulfide) groups is 1. The smallest absolute Gasteiger partial charge is 0.185 e. The Morgan fingerprint density at radius 3 is 1.05 bits per heavy atom. The predicted molar refractivity (Wildman–Crippen MR) is 332 cm³/mol. The number of ketones is 1. The lowest BCUT2D eigenvalue weighted by Crippen LogP contribution is -2.07. The van der Waals surface area contributed by atoms with Gasteiger partial charge in [-0.3, -0.25) is 4.79 Å². The summed E-state index contributed by atoms with van der Waals surface area (Å²) < 4.78 is 0. The fourth-order valence-corrected chi connectivity index (χ4v) is 12.1. The van der Waals surface area contributed by atoms with Gasteiger partial charge in [0.15, 0.2) is 5.78 Å².